The van der Waals surface area contributed by atoms with Crippen molar-refractivity contribution in [1.29, 1.82) is 0 Å². The number of benzene rings is 2. The number of furan rings is 1. The molecule has 0 radical (unpaired) electrons. The number of hydrogen-bond donors (Lipinski definition) is 0. The minimum Gasteiger partial charge on any atom is -0.496 e. The summed E-state index contributed by atoms with van der Waals surface area (Å²) in [6, 6.07) is 14.8. The third kappa shape index (κ3) is 5.33. The van der Waals surface area contributed by atoms with Crippen molar-refractivity contribution in [3.8, 4) is 33.5 Å². The number of nitrogens with zero attached hydrogens (tertiary/aromatic N) is 5. The Kier molecular flexibility index (Phi) is 6.95. The van der Waals surface area contributed by atoms with Crippen LogP contribution in [0.25, 0.3) is 38.0 Å². The number of aromatic nitrogens is 4. The lowest BCUT2D eigenvalue weighted by Gasteiger charge is -2.33. The molecule has 4 aromatic heterocycles. The van der Waals surface area contributed by atoms with E-state index in [2.05, 4.69) is 46.2 Å². The summed E-state index contributed by atoms with van der Waals surface area (Å²) in [6.07, 6.45) is 1.88. The van der Waals surface area contributed by atoms with E-state index in [4.69, 9.17) is 23.6 Å². The molecule has 6 aromatic rings. The highest BCUT2D eigenvalue weighted by molar-refractivity contribution is 7.16. The second-order valence-corrected chi connectivity index (χ2v) is 12.2. The van der Waals surface area contributed by atoms with Gasteiger partial charge in [-0.3, -0.25) is 4.90 Å². The number of hydrogen-bond acceptors (Lipinski definition) is 10. The van der Waals surface area contributed by atoms with Gasteiger partial charge in [-0.05, 0) is 25.5 Å². The van der Waals surface area contributed by atoms with Gasteiger partial charge in [-0.2, -0.15) is 5.10 Å². The first-order valence-corrected chi connectivity index (χ1v) is 15.1. The van der Waals surface area contributed by atoms with Crippen LogP contribution in [0.2, 0.25) is 0 Å². The minimum absolute atomic E-state index is 0.329. The topological polar surface area (TPSA) is 87.2 Å². The van der Waals surface area contributed by atoms with Crippen molar-refractivity contribution in [3.05, 3.63) is 70.3 Å². The summed E-state index contributed by atoms with van der Waals surface area (Å²) >= 11 is 3.16. The molecule has 1 fully saturated rings. The average molecular weight is 588 g/mol. The second-order valence-electron chi connectivity index (χ2n) is 10.1. The molecule has 1 aliphatic rings. The number of aryl methyl sites for hydroxylation is 1. The maximum Gasteiger partial charge on any atom is 0.212 e. The maximum atomic E-state index is 6.27. The van der Waals surface area contributed by atoms with Crippen LogP contribution in [-0.4, -0.2) is 57.4 Å². The summed E-state index contributed by atoms with van der Waals surface area (Å²) < 4.78 is 25.3. The predicted molar refractivity (Wildman–Crippen MR) is 160 cm³/mol. The molecule has 0 N–H and O–H groups in total. The van der Waals surface area contributed by atoms with Gasteiger partial charge in [-0.25, -0.2) is 14.5 Å². The van der Waals surface area contributed by atoms with Crippen LogP contribution in [0.1, 0.15) is 23.2 Å². The lowest BCUT2D eigenvalue weighted by atomic mass is 10.1. The van der Waals surface area contributed by atoms with Crippen LogP contribution in [0.5, 0.6) is 11.5 Å². The molecule has 0 aliphatic carbocycles. The Morgan fingerprint density at radius 1 is 1.12 bits per heavy atom. The third-order valence-electron chi connectivity index (χ3n) is 7.22. The predicted octanol–water partition coefficient (Wildman–Crippen LogP) is 6.44. The summed E-state index contributed by atoms with van der Waals surface area (Å²) in [5.74, 6) is 1.97. The van der Waals surface area contributed by atoms with Crippen molar-refractivity contribution >= 4 is 38.6 Å². The van der Waals surface area contributed by atoms with Gasteiger partial charge in [0, 0.05) is 42.2 Å². The average Bonchev–Trinajstić information content (AvgIpc) is 3.76. The molecular weight excluding hydrogens is 558 g/mol. The van der Waals surface area contributed by atoms with Crippen LogP contribution in [0, 0.1) is 6.92 Å². The number of imidazole rings is 1. The van der Waals surface area contributed by atoms with E-state index in [1.165, 1.54) is 16.9 Å². The van der Waals surface area contributed by atoms with Crippen molar-refractivity contribution in [2.75, 3.05) is 26.9 Å². The monoisotopic (exact) mass is 587 g/mol. The zero-order valence-corrected chi connectivity index (χ0v) is 24.6. The fraction of sp³-hybridized carbons (Fsp3) is 0.300. The quantitative estimate of drug-likeness (QED) is 0.201. The van der Waals surface area contributed by atoms with Crippen molar-refractivity contribution in [2.24, 2.45) is 0 Å². The molecule has 5 heterocycles. The minimum atomic E-state index is 0.329. The molecule has 2 aromatic carbocycles. The number of methoxy groups -OCH3 is 1. The van der Waals surface area contributed by atoms with Crippen LogP contribution in [0.3, 0.4) is 0 Å². The molecule has 1 atom stereocenters. The first-order chi connectivity index (χ1) is 20.0. The summed E-state index contributed by atoms with van der Waals surface area (Å²) in [7, 11) is 1.63. The van der Waals surface area contributed by atoms with Crippen LogP contribution >= 0.6 is 22.7 Å². The fourth-order valence-electron chi connectivity index (χ4n) is 5.01. The molecule has 11 heteroatoms. The molecule has 0 spiro atoms. The van der Waals surface area contributed by atoms with Crippen LogP contribution in [0.15, 0.2) is 58.5 Å². The van der Waals surface area contributed by atoms with Gasteiger partial charge in [0.1, 0.15) is 39.4 Å². The van der Waals surface area contributed by atoms with Gasteiger partial charge in [-0.1, -0.05) is 35.6 Å². The van der Waals surface area contributed by atoms with E-state index >= 15 is 0 Å². The van der Waals surface area contributed by atoms with E-state index < -0.39 is 0 Å². The smallest absolute Gasteiger partial charge is 0.212 e. The SMILES string of the molecule is COc1cc(OCc2csc(-c3ccc(CN4CCOC[C@H]4C)cc3)n2)c2cc(-c3cn4nc(C)sc4n3)oc2c1. The summed E-state index contributed by atoms with van der Waals surface area (Å²) in [5.41, 5.74) is 4.66. The zero-order chi connectivity index (χ0) is 27.9. The number of ether oxygens (including phenoxy) is 3. The molecule has 1 saturated heterocycles. The van der Waals surface area contributed by atoms with Gasteiger partial charge in [-0.15, -0.1) is 11.3 Å². The Bertz CT molecular complexity index is 1790. The number of thiazole rings is 1. The van der Waals surface area contributed by atoms with Gasteiger partial charge in [0.15, 0.2) is 5.76 Å². The van der Waals surface area contributed by atoms with Crippen molar-refractivity contribution < 1.29 is 18.6 Å². The normalized spacial score (nSPS) is 16.1. The number of rotatable bonds is 8. The lowest BCUT2D eigenvalue weighted by Crippen LogP contribution is -2.42. The van der Waals surface area contributed by atoms with Gasteiger partial charge in [0.2, 0.25) is 4.96 Å². The van der Waals surface area contributed by atoms with Crippen LogP contribution < -0.4 is 9.47 Å². The highest BCUT2D eigenvalue weighted by Crippen LogP contribution is 2.37. The van der Waals surface area contributed by atoms with Crippen molar-refractivity contribution in [2.45, 2.75) is 33.0 Å². The highest BCUT2D eigenvalue weighted by atomic mass is 32.1. The standard InChI is InChI=1S/C30H29N5O4S2/c1-18-15-37-9-8-34(18)13-20-4-6-21(7-5-20)29-31-22(17-40-29)16-38-26-10-23(36-3)11-27-24(26)12-28(39-27)25-14-35-30(32-25)41-19(2)33-35/h4-7,10-12,14,17-18H,8-9,13,15-16H2,1-3H3/t18-/m1/s1. The van der Waals surface area contributed by atoms with E-state index in [-0.39, 0.29) is 0 Å². The zero-order valence-electron chi connectivity index (χ0n) is 23.0. The molecule has 210 valence electrons. The van der Waals surface area contributed by atoms with Crippen LogP contribution in [-0.2, 0) is 17.9 Å². The van der Waals surface area contributed by atoms with Crippen molar-refractivity contribution in [3.63, 3.8) is 0 Å². The molecule has 0 saturated carbocycles. The van der Waals surface area contributed by atoms with Gasteiger partial charge >= 0.3 is 0 Å². The Labute approximate surface area is 244 Å². The second kappa shape index (κ2) is 10.9. The molecule has 0 bridgehead atoms. The molecule has 7 rings (SSSR count). The molecule has 0 unspecified atom stereocenters. The first-order valence-electron chi connectivity index (χ1n) is 13.5. The molecule has 0 amide bonds. The first kappa shape index (κ1) is 26.1. The molecular formula is C30H29N5O4S2. The van der Waals surface area contributed by atoms with E-state index in [1.54, 1.807) is 23.0 Å². The number of fused-ring (bicyclic) bond motifs is 2. The van der Waals surface area contributed by atoms with E-state index in [0.717, 1.165) is 63.6 Å². The van der Waals surface area contributed by atoms with Gasteiger partial charge < -0.3 is 18.6 Å². The Balaban J connectivity index is 1.07. The summed E-state index contributed by atoms with van der Waals surface area (Å²) in [5, 5.41) is 9.28. The van der Waals surface area contributed by atoms with Crippen molar-refractivity contribution in [1.82, 2.24) is 24.5 Å². The molecule has 1 aliphatic heterocycles. The molecule has 41 heavy (non-hydrogen) atoms. The Hall–Kier alpha value is -3.77. The van der Waals surface area contributed by atoms with Crippen LogP contribution in [0.4, 0.5) is 0 Å². The fourth-order valence-corrected chi connectivity index (χ4v) is 6.54. The highest BCUT2D eigenvalue weighted by Gasteiger charge is 2.19. The van der Waals surface area contributed by atoms with E-state index in [1.807, 2.05) is 36.7 Å². The van der Waals surface area contributed by atoms with E-state index in [0.29, 0.717) is 35.5 Å². The van der Waals surface area contributed by atoms with Gasteiger partial charge in [0.25, 0.3) is 0 Å². The third-order valence-corrected chi connectivity index (χ3v) is 9.00. The summed E-state index contributed by atoms with van der Waals surface area (Å²) in [6.45, 7) is 8.01. The van der Waals surface area contributed by atoms with E-state index in [9.17, 15) is 0 Å². The Morgan fingerprint density at radius 3 is 2.80 bits per heavy atom. The lowest BCUT2D eigenvalue weighted by molar-refractivity contribution is -0.00436. The number of morpholine rings is 1. The molecule has 9 nitrogen and oxygen atoms in total. The maximum absolute atomic E-state index is 6.27. The van der Waals surface area contributed by atoms with Gasteiger partial charge in [0.05, 0.1) is 37.6 Å². The summed E-state index contributed by atoms with van der Waals surface area (Å²) in [4.78, 5) is 12.8. The Morgan fingerprint density at radius 2 is 2.00 bits per heavy atom. The largest absolute Gasteiger partial charge is 0.496 e.